The lowest BCUT2D eigenvalue weighted by Crippen LogP contribution is -2.24. The van der Waals surface area contributed by atoms with Gasteiger partial charge in [0.2, 0.25) is 0 Å². The van der Waals surface area contributed by atoms with Crippen molar-refractivity contribution in [3.63, 3.8) is 0 Å². The predicted molar refractivity (Wildman–Crippen MR) is 63.2 cm³/mol. The summed E-state index contributed by atoms with van der Waals surface area (Å²) < 4.78 is 7.70. The highest BCUT2D eigenvalue weighted by molar-refractivity contribution is 5.03. The Morgan fingerprint density at radius 1 is 1.56 bits per heavy atom. The van der Waals surface area contributed by atoms with Gasteiger partial charge in [0.25, 0.3) is 0 Å². The monoisotopic (exact) mass is 223 g/mol. The average molecular weight is 223 g/mol. The van der Waals surface area contributed by atoms with E-state index in [9.17, 15) is 0 Å². The molecule has 0 saturated carbocycles. The van der Waals surface area contributed by atoms with Gasteiger partial charge in [-0.3, -0.25) is 4.68 Å². The topological polar surface area (TPSA) is 39.1 Å². The van der Waals surface area contributed by atoms with Crippen LogP contribution in [0.25, 0.3) is 0 Å². The van der Waals surface area contributed by atoms with Crippen molar-refractivity contribution in [1.29, 1.82) is 0 Å². The van der Waals surface area contributed by atoms with Crippen LogP contribution in [-0.2, 0) is 17.8 Å². The first-order chi connectivity index (χ1) is 7.88. The highest BCUT2D eigenvalue weighted by Crippen LogP contribution is 2.14. The molecule has 1 aromatic rings. The lowest BCUT2D eigenvalue weighted by molar-refractivity contribution is 0.00398. The van der Waals surface area contributed by atoms with Crippen molar-refractivity contribution in [3.8, 4) is 0 Å². The molecule has 1 aromatic heterocycles. The molecule has 0 aliphatic carbocycles. The largest absolute Gasteiger partial charge is 0.376 e. The molecule has 4 nitrogen and oxygen atoms in total. The Bertz CT molecular complexity index is 305. The molecule has 1 atom stereocenters. The van der Waals surface area contributed by atoms with Crippen LogP contribution < -0.4 is 5.32 Å². The van der Waals surface area contributed by atoms with Crippen molar-refractivity contribution in [2.45, 2.75) is 45.4 Å². The van der Waals surface area contributed by atoms with Crippen LogP contribution in [0.4, 0.5) is 0 Å². The van der Waals surface area contributed by atoms with Crippen LogP contribution in [-0.4, -0.2) is 29.0 Å². The summed E-state index contributed by atoms with van der Waals surface area (Å²) >= 11 is 0. The number of ether oxygens (including phenoxy) is 1. The molecule has 1 fully saturated rings. The molecule has 0 radical (unpaired) electrons. The maximum absolute atomic E-state index is 5.70. The van der Waals surface area contributed by atoms with Crippen LogP contribution in [0.2, 0.25) is 0 Å². The number of hydrogen-bond acceptors (Lipinski definition) is 3. The van der Waals surface area contributed by atoms with Gasteiger partial charge in [-0.05, 0) is 25.8 Å². The molecule has 1 saturated heterocycles. The van der Waals surface area contributed by atoms with Gasteiger partial charge in [0.15, 0.2) is 0 Å². The first kappa shape index (κ1) is 11.6. The molecule has 1 aliphatic heterocycles. The second kappa shape index (κ2) is 6.01. The molecule has 1 N–H and O–H groups in total. The van der Waals surface area contributed by atoms with Crippen molar-refractivity contribution < 1.29 is 4.74 Å². The Balaban J connectivity index is 1.81. The summed E-state index contributed by atoms with van der Waals surface area (Å²) in [5.41, 5.74) is 1.25. The Labute approximate surface area is 97.0 Å². The van der Waals surface area contributed by atoms with Crippen LogP contribution in [0.3, 0.4) is 0 Å². The predicted octanol–water partition coefficient (Wildman–Crippen LogP) is 1.56. The lowest BCUT2D eigenvalue weighted by atomic mass is 10.1. The third-order valence-electron chi connectivity index (χ3n) is 2.93. The fraction of sp³-hybridized carbons (Fsp3) is 0.750. The van der Waals surface area contributed by atoms with Crippen LogP contribution in [0.5, 0.6) is 0 Å². The summed E-state index contributed by atoms with van der Waals surface area (Å²) in [7, 11) is 0. The Kier molecular flexibility index (Phi) is 4.36. The third-order valence-corrected chi connectivity index (χ3v) is 2.93. The molecule has 4 heteroatoms. The van der Waals surface area contributed by atoms with Gasteiger partial charge in [-0.2, -0.15) is 5.10 Å². The molecular formula is C12H21N3O. The smallest absolute Gasteiger partial charge is 0.0770 e. The van der Waals surface area contributed by atoms with Gasteiger partial charge < -0.3 is 10.1 Å². The van der Waals surface area contributed by atoms with E-state index in [-0.39, 0.29) is 0 Å². The molecule has 90 valence electrons. The number of nitrogens with one attached hydrogen (secondary N) is 1. The van der Waals surface area contributed by atoms with E-state index in [1.165, 1.54) is 24.8 Å². The van der Waals surface area contributed by atoms with Crippen LogP contribution in [0, 0.1) is 0 Å². The Morgan fingerprint density at radius 3 is 3.25 bits per heavy atom. The van der Waals surface area contributed by atoms with E-state index in [0.717, 1.165) is 26.2 Å². The highest BCUT2D eigenvalue weighted by atomic mass is 16.5. The second-order valence-electron chi connectivity index (χ2n) is 4.34. The SMILES string of the molecule is CCNCc1cnn(CC2CCCCO2)c1. The first-order valence-corrected chi connectivity index (χ1v) is 6.22. The molecule has 16 heavy (non-hydrogen) atoms. The van der Waals surface area contributed by atoms with E-state index in [0.29, 0.717) is 6.10 Å². The van der Waals surface area contributed by atoms with Crippen LogP contribution >= 0.6 is 0 Å². The quantitative estimate of drug-likeness (QED) is 0.823. The van der Waals surface area contributed by atoms with Crippen molar-refractivity contribution >= 4 is 0 Å². The summed E-state index contributed by atoms with van der Waals surface area (Å²) in [6, 6.07) is 0. The molecule has 0 aromatic carbocycles. The molecule has 2 rings (SSSR count). The van der Waals surface area contributed by atoms with Crippen molar-refractivity contribution in [3.05, 3.63) is 18.0 Å². The molecule has 1 aliphatic rings. The summed E-state index contributed by atoms with van der Waals surface area (Å²) in [6.45, 7) is 5.82. The Morgan fingerprint density at radius 2 is 2.50 bits per heavy atom. The number of nitrogens with zero attached hydrogens (tertiary/aromatic N) is 2. The van der Waals surface area contributed by atoms with Crippen molar-refractivity contribution in [1.82, 2.24) is 15.1 Å². The first-order valence-electron chi connectivity index (χ1n) is 6.22. The fourth-order valence-electron chi connectivity index (χ4n) is 2.03. The van der Waals surface area contributed by atoms with Crippen LogP contribution in [0.15, 0.2) is 12.4 Å². The average Bonchev–Trinajstić information content (AvgIpc) is 2.75. The van der Waals surface area contributed by atoms with Gasteiger partial charge in [-0.25, -0.2) is 0 Å². The second-order valence-corrected chi connectivity index (χ2v) is 4.34. The zero-order valence-electron chi connectivity index (χ0n) is 9.98. The maximum Gasteiger partial charge on any atom is 0.0770 e. The maximum atomic E-state index is 5.70. The minimum Gasteiger partial charge on any atom is -0.376 e. The van der Waals surface area contributed by atoms with Gasteiger partial charge in [0, 0.05) is 24.9 Å². The molecule has 2 heterocycles. The normalized spacial score (nSPS) is 21.2. The van der Waals surface area contributed by atoms with E-state index in [2.05, 4.69) is 23.5 Å². The van der Waals surface area contributed by atoms with Gasteiger partial charge in [-0.15, -0.1) is 0 Å². The zero-order chi connectivity index (χ0) is 11.2. The van der Waals surface area contributed by atoms with Gasteiger partial charge in [-0.1, -0.05) is 6.92 Å². The van der Waals surface area contributed by atoms with E-state index < -0.39 is 0 Å². The van der Waals surface area contributed by atoms with E-state index in [1.54, 1.807) is 0 Å². The summed E-state index contributed by atoms with van der Waals surface area (Å²) in [5.74, 6) is 0. The van der Waals surface area contributed by atoms with E-state index in [4.69, 9.17) is 4.74 Å². The Hall–Kier alpha value is -0.870. The van der Waals surface area contributed by atoms with Crippen molar-refractivity contribution in [2.75, 3.05) is 13.2 Å². The zero-order valence-corrected chi connectivity index (χ0v) is 9.98. The van der Waals surface area contributed by atoms with Crippen molar-refractivity contribution in [2.24, 2.45) is 0 Å². The summed E-state index contributed by atoms with van der Waals surface area (Å²) in [6.07, 6.45) is 8.08. The van der Waals surface area contributed by atoms with E-state index in [1.807, 2.05) is 10.9 Å². The minimum atomic E-state index is 0.362. The molecule has 0 bridgehead atoms. The highest BCUT2D eigenvalue weighted by Gasteiger charge is 2.14. The summed E-state index contributed by atoms with van der Waals surface area (Å²) in [5, 5.41) is 7.66. The standard InChI is InChI=1S/C12H21N3O/c1-2-13-7-11-8-14-15(9-11)10-12-5-3-4-6-16-12/h8-9,12-13H,2-7,10H2,1H3. The van der Waals surface area contributed by atoms with E-state index >= 15 is 0 Å². The third kappa shape index (κ3) is 3.32. The van der Waals surface area contributed by atoms with Crippen LogP contribution in [0.1, 0.15) is 31.7 Å². The molecular weight excluding hydrogens is 202 g/mol. The lowest BCUT2D eigenvalue weighted by Gasteiger charge is -2.22. The number of aromatic nitrogens is 2. The summed E-state index contributed by atoms with van der Waals surface area (Å²) in [4.78, 5) is 0. The molecule has 0 spiro atoms. The van der Waals surface area contributed by atoms with Gasteiger partial charge in [0.1, 0.15) is 0 Å². The molecule has 1 unspecified atom stereocenters. The van der Waals surface area contributed by atoms with Gasteiger partial charge >= 0.3 is 0 Å². The van der Waals surface area contributed by atoms with Gasteiger partial charge in [0.05, 0.1) is 18.8 Å². The number of hydrogen-bond donors (Lipinski definition) is 1. The number of rotatable bonds is 5. The fourth-order valence-corrected chi connectivity index (χ4v) is 2.03. The molecule has 0 amide bonds. The minimum absolute atomic E-state index is 0.362.